The lowest BCUT2D eigenvalue weighted by atomic mass is 10.2. The summed E-state index contributed by atoms with van der Waals surface area (Å²) in [7, 11) is 0. The first-order valence-corrected chi connectivity index (χ1v) is 7.37. The summed E-state index contributed by atoms with van der Waals surface area (Å²) in [4.78, 5) is 12.0. The van der Waals surface area contributed by atoms with Gasteiger partial charge in [0.25, 0.3) is 0 Å². The number of rotatable bonds is 4. The minimum absolute atomic E-state index is 0.114. The van der Waals surface area contributed by atoms with Crippen molar-refractivity contribution in [3.8, 4) is 0 Å². The zero-order chi connectivity index (χ0) is 14.3. The fourth-order valence-electron chi connectivity index (χ4n) is 3.04. The van der Waals surface area contributed by atoms with E-state index in [1.54, 1.807) is 6.20 Å². The normalized spacial score (nSPS) is 27.5. The molecular weight excluding hydrogens is 254 g/mol. The van der Waals surface area contributed by atoms with Crippen molar-refractivity contribution in [2.75, 3.05) is 18.4 Å². The summed E-state index contributed by atoms with van der Waals surface area (Å²) >= 11 is 0. The molecule has 0 radical (unpaired) electrons. The Hall–Kier alpha value is -1.56. The van der Waals surface area contributed by atoms with E-state index in [2.05, 4.69) is 34.9 Å². The zero-order valence-corrected chi connectivity index (χ0v) is 12.3. The number of urea groups is 1. The minimum atomic E-state index is -0.114. The Kier molecular flexibility index (Phi) is 3.41. The number of hydrogen-bond acceptors (Lipinski definition) is 3. The lowest BCUT2D eigenvalue weighted by Gasteiger charge is -2.10. The van der Waals surface area contributed by atoms with Crippen molar-refractivity contribution in [2.24, 2.45) is 17.8 Å². The number of anilines is 1. The number of hydrogen-bond donors (Lipinski definition) is 3. The number of carbonyl (C=O) groups excluding carboxylic acids is 1. The summed E-state index contributed by atoms with van der Waals surface area (Å²) in [5.41, 5.74) is 1.80. The van der Waals surface area contributed by atoms with Gasteiger partial charge < -0.3 is 16.0 Å². The summed E-state index contributed by atoms with van der Waals surface area (Å²) in [5.74, 6) is 1.80. The summed E-state index contributed by atoms with van der Waals surface area (Å²) in [5, 5.41) is 13.6. The Morgan fingerprint density at radius 3 is 2.85 bits per heavy atom. The highest BCUT2D eigenvalue weighted by atomic mass is 16.2. The first-order chi connectivity index (χ1) is 9.56. The first kappa shape index (κ1) is 13.4. The number of nitrogens with zero attached hydrogens (tertiary/aromatic N) is 2. The number of aromatic nitrogens is 2. The maximum absolute atomic E-state index is 12.0. The standard InChI is InChI=1S/C14H23N5O/c1-8(2)7-19-9(3)12(6-16-19)17-14(20)18-13-10-4-15-5-11(10)13/h6,8,10-11,13,15H,4-5,7H2,1-3H3,(H2,17,18,20)/t10-,11+,13?. The zero-order valence-electron chi connectivity index (χ0n) is 12.3. The molecule has 2 aliphatic rings. The van der Waals surface area contributed by atoms with E-state index in [1.165, 1.54) is 0 Å². The molecule has 2 heterocycles. The van der Waals surface area contributed by atoms with Gasteiger partial charge in [-0.3, -0.25) is 4.68 Å². The van der Waals surface area contributed by atoms with Crippen LogP contribution in [0.5, 0.6) is 0 Å². The molecule has 3 N–H and O–H groups in total. The second-order valence-electron chi connectivity index (χ2n) is 6.33. The van der Waals surface area contributed by atoms with Crippen LogP contribution >= 0.6 is 0 Å². The van der Waals surface area contributed by atoms with Crippen LogP contribution < -0.4 is 16.0 Å². The first-order valence-electron chi connectivity index (χ1n) is 7.37. The Morgan fingerprint density at radius 2 is 2.20 bits per heavy atom. The van der Waals surface area contributed by atoms with Gasteiger partial charge in [-0.25, -0.2) is 4.79 Å². The van der Waals surface area contributed by atoms with Gasteiger partial charge in [0, 0.05) is 25.7 Å². The second-order valence-corrected chi connectivity index (χ2v) is 6.33. The molecule has 1 aromatic heterocycles. The maximum atomic E-state index is 12.0. The molecule has 0 aromatic carbocycles. The summed E-state index contributed by atoms with van der Waals surface area (Å²) in [6, 6.07) is 0.235. The van der Waals surface area contributed by atoms with Gasteiger partial charge in [-0.1, -0.05) is 13.8 Å². The van der Waals surface area contributed by atoms with Crippen LogP contribution in [0, 0.1) is 24.7 Å². The average Bonchev–Trinajstić information content (AvgIpc) is 2.77. The largest absolute Gasteiger partial charge is 0.334 e. The molecule has 2 amide bonds. The molecule has 1 aromatic rings. The van der Waals surface area contributed by atoms with Crippen molar-refractivity contribution in [1.82, 2.24) is 20.4 Å². The Labute approximate surface area is 119 Å². The molecule has 1 aliphatic heterocycles. The molecule has 3 rings (SSSR count). The summed E-state index contributed by atoms with van der Waals surface area (Å²) < 4.78 is 1.94. The fourth-order valence-corrected chi connectivity index (χ4v) is 3.04. The van der Waals surface area contributed by atoms with E-state index in [4.69, 9.17) is 0 Å². The predicted molar refractivity (Wildman–Crippen MR) is 77.6 cm³/mol. The summed E-state index contributed by atoms with van der Waals surface area (Å²) in [6.07, 6.45) is 1.73. The van der Waals surface area contributed by atoms with Gasteiger partial charge in [0.1, 0.15) is 0 Å². The highest BCUT2D eigenvalue weighted by Crippen LogP contribution is 2.41. The van der Waals surface area contributed by atoms with Gasteiger partial charge in [0.15, 0.2) is 0 Å². The van der Waals surface area contributed by atoms with Crippen LogP contribution in [-0.4, -0.2) is 34.9 Å². The van der Waals surface area contributed by atoms with Gasteiger partial charge in [0.05, 0.1) is 17.6 Å². The van der Waals surface area contributed by atoms with Crippen LogP contribution in [0.1, 0.15) is 19.5 Å². The molecule has 2 fully saturated rings. The van der Waals surface area contributed by atoms with Crippen molar-refractivity contribution in [3.63, 3.8) is 0 Å². The number of piperidine rings is 1. The monoisotopic (exact) mass is 277 g/mol. The molecule has 0 spiro atoms. The lowest BCUT2D eigenvalue weighted by Crippen LogP contribution is -2.35. The Balaban J connectivity index is 1.55. The predicted octanol–water partition coefficient (Wildman–Crippen LogP) is 1.19. The lowest BCUT2D eigenvalue weighted by molar-refractivity contribution is 0.250. The molecule has 3 atom stereocenters. The van der Waals surface area contributed by atoms with Crippen LogP contribution in [0.2, 0.25) is 0 Å². The van der Waals surface area contributed by atoms with Crippen molar-refractivity contribution >= 4 is 11.7 Å². The number of fused-ring (bicyclic) bond motifs is 1. The molecule has 1 saturated heterocycles. The second kappa shape index (κ2) is 5.09. The topological polar surface area (TPSA) is 71.0 Å². The van der Waals surface area contributed by atoms with Crippen molar-refractivity contribution in [1.29, 1.82) is 0 Å². The van der Waals surface area contributed by atoms with Gasteiger partial charge in [-0.2, -0.15) is 5.10 Å². The van der Waals surface area contributed by atoms with Crippen LogP contribution in [0.4, 0.5) is 10.5 Å². The molecule has 20 heavy (non-hydrogen) atoms. The molecule has 110 valence electrons. The van der Waals surface area contributed by atoms with Crippen molar-refractivity contribution < 1.29 is 4.79 Å². The third-order valence-corrected chi connectivity index (χ3v) is 4.28. The van der Waals surface area contributed by atoms with Crippen LogP contribution in [0.3, 0.4) is 0 Å². The smallest absolute Gasteiger partial charge is 0.319 e. The van der Waals surface area contributed by atoms with Gasteiger partial charge in [0.2, 0.25) is 0 Å². The molecular formula is C14H23N5O. The highest BCUT2D eigenvalue weighted by molar-refractivity contribution is 5.90. The molecule has 6 nitrogen and oxygen atoms in total. The number of nitrogens with one attached hydrogen (secondary N) is 3. The third-order valence-electron chi connectivity index (χ3n) is 4.28. The average molecular weight is 277 g/mol. The van der Waals surface area contributed by atoms with Crippen molar-refractivity contribution in [3.05, 3.63) is 11.9 Å². The Bertz CT molecular complexity index is 500. The minimum Gasteiger partial charge on any atom is -0.334 e. The van der Waals surface area contributed by atoms with E-state index >= 15 is 0 Å². The molecule has 6 heteroatoms. The molecule has 1 saturated carbocycles. The van der Waals surface area contributed by atoms with Gasteiger partial charge in [-0.15, -0.1) is 0 Å². The number of amides is 2. The molecule has 1 aliphatic carbocycles. The van der Waals surface area contributed by atoms with Crippen LogP contribution in [0.25, 0.3) is 0 Å². The van der Waals surface area contributed by atoms with E-state index < -0.39 is 0 Å². The van der Waals surface area contributed by atoms with E-state index in [9.17, 15) is 4.79 Å². The van der Waals surface area contributed by atoms with Crippen molar-refractivity contribution in [2.45, 2.75) is 33.4 Å². The van der Waals surface area contributed by atoms with E-state index in [0.29, 0.717) is 23.8 Å². The van der Waals surface area contributed by atoms with Gasteiger partial charge >= 0.3 is 6.03 Å². The van der Waals surface area contributed by atoms with E-state index in [-0.39, 0.29) is 6.03 Å². The van der Waals surface area contributed by atoms with Crippen LogP contribution in [-0.2, 0) is 6.54 Å². The quantitative estimate of drug-likeness (QED) is 0.774. The third kappa shape index (κ3) is 2.52. The maximum Gasteiger partial charge on any atom is 0.319 e. The molecule has 0 bridgehead atoms. The SMILES string of the molecule is Cc1c(NC(=O)NC2[C@H]3CNC[C@@H]23)cnn1CC(C)C. The van der Waals surface area contributed by atoms with Crippen LogP contribution in [0.15, 0.2) is 6.20 Å². The fraction of sp³-hybridized carbons (Fsp3) is 0.714. The summed E-state index contributed by atoms with van der Waals surface area (Å²) in [6.45, 7) is 9.22. The highest BCUT2D eigenvalue weighted by Gasteiger charge is 2.53. The van der Waals surface area contributed by atoms with E-state index in [0.717, 1.165) is 31.0 Å². The number of carbonyl (C=O) groups is 1. The van der Waals surface area contributed by atoms with E-state index in [1.807, 2.05) is 11.6 Å². The van der Waals surface area contributed by atoms with Gasteiger partial charge in [-0.05, 0) is 24.7 Å². The Morgan fingerprint density at radius 1 is 1.50 bits per heavy atom. The molecule has 1 unspecified atom stereocenters.